The summed E-state index contributed by atoms with van der Waals surface area (Å²) in [6, 6.07) is 3.05. The van der Waals surface area contributed by atoms with Gasteiger partial charge in [-0.2, -0.15) is 13.2 Å². The summed E-state index contributed by atoms with van der Waals surface area (Å²) in [7, 11) is 0. The topological polar surface area (TPSA) is 46.2 Å². The maximum atomic E-state index is 12.3. The lowest BCUT2D eigenvalue weighted by molar-refractivity contribution is -0.167. The normalized spacial score (nSPS) is 14.9. The average Bonchev–Trinajstić information content (AvgIpc) is 2.38. The molecular formula is C14H14F3NO2. The number of ketones is 1. The number of rotatable bonds is 2. The van der Waals surface area contributed by atoms with E-state index in [1.54, 1.807) is 11.4 Å². The van der Waals surface area contributed by atoms with Crippen LogP contribution < -0.4 is 5.32 Å². The highest BCUT2D eigenvalue weighted by molar-refractivity contribution is 6.07. The minimum absolute atomic E-state index is 0.0378. The van der Waals surface area contributed by atoms with Crippen molar-refractivity contribution in [1.29, 1.82) is 0 Å². The molecule has 1 aromatic carbocycles. The standard InChI is InChI=1S/C14H14F3NO2/c1-2-8-6-7-10(18-13(20)14(15,16)17)12-9(8)4-3-5-11(12)19/h6-7H,2-5H2,1H3,(H,18,20). The summed E-state index contributed by atoms with van der Waals surface area (Å²) in [5, 5.41) is 1.81. The second-order valence-electron chi connectivity index (χ2n) is 4.71. The van der Waals surface area contributed by atoms with Crippen LogP contribution in [0.1, 0.15) is 41.3 Å². The highest BCUT2D eigenvalue weighted by Gasteiger charge is 2.39. The smallest absolute Gasteiger partial charge is 0.318 e. The van der Waals surface area contributed by atoms with Crippen LogP contribution >= 0.6 is 0 Å². The van der Waals surface area contributed by atoms with Crippen LogP contribution in [-0.4, -0.2) is 17.9 Å². The first kappa shape index (κ1) is 14.6. The van der Waals surface area contributed by atoms with Gasteiger partial charge in [-0.05, 0) is 36.5 Å². The summed E-state index contributed by atoms with van der Waals surface area (Å²) in [4.78, 5) is 23.0. The van der Waals surface area contributed by atoms with Gasteiger partial charge < -0.3 is 5.32 Å². The number of benzene rings is 1. The van der Waals surface area contributed by atoms with E-state index in [4.69, 9.17) is 0 Å². The molecule has 1 aliphatic rings. The largest absolute Gasteiger partial charge is 0.471 e. The SMILES string of the molecule is CCc1ccc(NC(=O)C(F)(F)F)c2c1CCCC2=O. The van der Waals surface area contributed by atoms with E-state index < -0.39 is 12.1 Å². The molecule has 6 heteroatoms. The minimum atomic E-state index is -4.96. The van der Waals surface area contributed by atoms with Crippen LogP contribution in [0, 0.1) is 0 Å². The third kappa shape index (κ3) is 2.69. The molecule has 0 fully saturated rings. The van der Waals surface area contributed by atoms with Gasteiger partial charge in [-0.25, -0.2) is 0 Å². The fourth-order valence-electron chi connectivity index (χ4n) is 2.47. The Hall–Kier alpha value is -1.85. The average molecular weight is 285 g/mol. The Kier molecular flexibility index (Phi) is 3.83. The summed E-state index contributed by atoms with van der Waals surface area (Å²) in [6.45, 7) is 1.92. The van der Waals surface area contributed by atoms with Gasteiger partial charge in [0.2, 0.25) is 0 Å². The van der Waals surface area contributed by atoms with Gasteiger partial charge in [0.15, 0.2) is 5.78 Å². The van der Waals surface area contributed by atoms with Crippen molar-refractivity contribution < 1.29 is 22.8 Å². The predicted octanol–water partition coefficient (Wildman–Crippen LogP) is 3.27. The second-order valence-corrected chi connectivity index (χ2v) is 4.71. The zero-order chi connectivity index (χ0) is 14.9. The van der Waals surface area contributed by atoms with Crippen molar-refractivity contribution in [2.75, 3.05) is 5.32 Å². The van der Waals surface area contributed by atoms with Gasteiger partial charge in [0.05, 0.1) is 5.69 Å². The summed E-state index contributed by atoms with van der Waals surface area (Å²) >= 11 is 0. The van der Waals surface area contributed by atoms with Crippen LogP contribution in [-0.2, 0) is 17.6 Å². The molecule has 1 aliphatic carbocycles. The molecule has 0 spiro atoms. The zero-order valence-corrected chi connectivity index (χ0v) is 10.9. The molecule has 1 amide bonds. The maximum Gasteiger partial charge on any atom is 0.471 e. The maximum absolute atomic E-state index is 12.3. The van der Waals surface area contributed by atoms with Crippen LogP contribution in [0.25, 0.3) is 0 Å². The molecule has 1 N–H and O–H groups in total. The molecule has 20 heavy (non-hydrogen) atoms. The van der Waals surface area contributed by atoms with E-state index in [-0.39, 0.29) is 17.0 Å². The Bertz CT molecular complexity index is 564. The number of Topliss-reactive ketones (excluding diaryl/α,β-unsaturated/α-hetero) is 1. The molecule has 0 aliphatic heterocycles. The molecule has 0 radical (unpaired) electrons. The number of hydrogen-bond acceptors (Lipinski definition) is 2. The molecule has 0 bridgehead atoms. The lowest BCUT2D eigenvalue weighted by Crippen LogP contribution is -2.31. The summed E-state index contributed by atoms with van der Waals surface area (Å²) < 4.78 is 36.9. The van der Waals surface area contributed by atoms with Crippen LogP contribution in [0.15, 0.2) is 12.1 Å². The molecule has 0 heterocycles. The van der Waals surface area contributed by atoms with Crippen molar-refractivity contribution in [2.24, 2.45) is 0 Å². The molecule has 2 rings (SSSR count). The molecule has 0 saturated carbocycles. The number of fused-ring (bicyclic) bond motifs is 1. The molecule has 108 valence electrons. The number of carbonyl (C=O) groups excluding carboxylic acids is 2. The molecule has 3 nitrogen and oxygen atoms in total. The van der Waals surface area contributed by atoms with Gasteiger partial charge >= 0.3 is 12.1 Å². The third-order valence-electron chi connectivity index (χ3n) is 3.41. The number of carbonyl (C=O) groups is 2. The van der Waals surface area contributed by atoms with E-state index in [1.807, 2.05) is 6.92 Å². The van der Waals surface area contributed by atoms with Crippen molar-refractivity contribution in [3.05, 3.63) is 28.8 Å². The van der Waals surface area contributed by atoms with Crippen molar-refractivity contribution in [3.8, 4) is 0 Å². The number of halogens is 3. The Morgan fingerprint density at radius 2 is 2.00 bits per heavy atom. The Balaban J connectivity index is 2.45. The molecule has 1 aromatic rings. The summed E-state index contributed by atoms with van der Waals surface area (Å²) in [5.41, 5.74) is 1.92. The van der Waals surface area contributed by atoms with E-state index in [0.717, 1.165) is 11.1 Å². The highest BCUT2D eigenvalue weighted by Crippen LogP contribution is 2.32. The van der Waals surface area contributed by atoms with Crippen LogP contribution in [0.4, 0.5) is 18.9 Å². The van der Waals surface area contributed by atoms with Gasteiger partial charge in [0, 0.05) is 12.0 Å². The molecule has 0 atom stereocenters. The van der Waals surface area contributed by atoms with Crippen LogP contribution in [0.3, 0.4) is 0 Å². The number of aryl methyl sites for hydroxylation is 1. The van der Waals surface area contributed by atoms with Crippen molar-refractivity contribution in [2.45, 2.75) is 38.8 Å². The number of anilines is 1. The Morgan fingerprint density at radius 3 is 2.60 bits per heavy atom. The first-order valence-corrected chi connectivity index (χ1v) is 6.40. The van der Waals surface area contributed by atoms with Crippen LogP contribution in [0.5, 0.6) is 0 Å². The monoisotopic (exact) mass is 285 g/mol. The Morgan fingerprint density at radius 1 is 1.30 bits per heavy atom. The van der Waals surface area contributed by atoms with Gasteiger partial charge in [-0.1, -0.05) is 13.0 Å². The predicted molar refractivity (Wildman–Crippen MR) is 67.8 cm³/mol. The second kappa shape index (κ2) is 5.26. The molecule has 0 aromatic heterocycles. The van der Waals surface area contributed by atoms with E-state index in [9.17, 15) is 22.8 Å². The van der Waals surface area contributed by atoms with E-state index >= 15 is 0 Å². The van der Waals surface area contributed by atoms with Gasteiger partial charge in [-0.15, -0.1) is 0 Å². The van der Waals surface area contributed by atoms with E-state index in [2.05, 4.69) is 0 Å². The quantitative estimate of drug-likeness (QED) is 0.906. The van der Waals surface area contributed by atoms with Gasteiger partial charge in [0.1, 0.15) is 0 Å². The van der Waals surface area contributed by atoms with E-state index in [1.165, 1.54) is 6.07 Å². The molecule has 0 unspecified atom stereocenters. The number of amides is 1. The van der Waals surface area contributed by atoms with Crippen LogP contribution in [0.2, 0.25) is 0 Å². The first-order valence-electron chi connectivity index (χ1n) is 6.40. The summed E-state index contributed by atoms with van der Waals surface area (Å²) in [5.74, 6) is -2.26. The lowest BCUT2D eigenvalue weighted by atomic mass is 9.85. The Labute approximate surface area is 114 Å². The molecule has 0 saturated heterocycles. The minimum Gasteiger partial charge on any atom is -0.318 e. The fourth-order valence-corrected chi connectivity index (χ4v) is 2.47. The van der Waals surface area contributed by atoms with Crippen molar-refractivity contribution in [1.82, 2.24) is 0 Å². The third-order valence-corrected chi connectivity index (χ3v) is 3.41. The van der Waals surface area contributed by atoms with Crippen molar-refractivity contribution in [3.63, 3.8) is 0 Å². The fraction of sp³-hybridized carbons (Fsp3) is 0.429. The number of alkyl halides is 3. The molecular weight excluding hydrogens is 271 g/mol. The zero-order valence-electron chi connectivity index (χ0n) is 10.9. The van der Waals surface area contributed by atoms with E-state index in [0.29, 0.717) is 25.7 Å². The first-order chi connectivity index (χ1) is 9.34. The summed E-state index contributed by atoms with van der Waals surface area (Å²) in [6.07, 6.45) is -2.62. The highest BCUT2D eigenvalue weighted by atomic mass is 19.4. The van der Waals surface area contributed by atoms with Gasteiger partial charge in [0.25, 0.3) is 0 Å². The lowest BCUT2D eigenvalue weighted by Gasteiger charge is -2.22. The van der Waals surface area contributed by atoms with Crippen molar-refractivity contribution >= 4 is 17.4 Å². The number of nitrogens with one attached hydrogen (secondary N) is 1. The van der Waals surface area contributed by atoms with Gasteiger partial charge in [-0.3, -0.25) is 9.59 Å². The number of hydrogen-bond donors (Lipinski definition) is 1.